The second kappa shape index (κ2) is 8.63. The molecule has 1 rings (SSSR count). The number of nitro groups is 1. The zero-order valence-corrected chi connectivity index (χ0v) is 13.2. The van der Waals surface area contributed by atoms with Gasteiger partial charge in [-0.15, -0.1) is 11.8 Å². The maximum atomic E-state index is 11.9. The van der Waals surface area contributed by atoms with Gasteiger partial charge >= 0.3 is 5.97 Å². The molecular weight excluding hydrogens is 292 g/mol. The monoisotopic (exact) mass is 312 g/mol. The van der Waals surface area contributed by atoms with Crippen molar-refractivity contribution in [3.05, 3.63) is 34.4 Å². The number of carbonyl (C=O) groups is 1. The SMILES string of the molecule is CCOC(=O)C(CSc1ccc([N+](=O)[O-])cc1)NC(C)C. The lowest BCUT2D eigenvalue weighted by Crippen LogP contribution is -2.43. The van der Waals surface area contributed by atoms with Crippen molar-refractivity contribution in [3.63, 3.8) is 0 Å². The topological polar surface area (TPSA) is 81.5 Å². The average molecular weight is 312 g/mol. The van der Waals surface area contributed by atoms with Crippen molar-refractivity contribution in [2.45, 2.75) is 37.8 Å². The Morgan fingerprint density at radius 3 is 2.48 bits per heavy atom. The van der Waals surface area contributed by atoms with E-state index in [1.165, 1.54) is 23.9 Å². The molecule has 0 amide bonds. The predicted molar refractivity (Wildman–Crippen MR) is 82.5 cm³/mol. The van der Waals surface area contributed by atoms with Gasteiger partial charge in [0.1, 0.15) is 6.04 Å². The van der Waals surface area contributed by atoms with Crippen molar-refractivity contribution in [2.24, 2.45) is 0 Å². The first-order valence-corrected chi connectivity index (χ1v) is 7.72. The summed E-state index contributed by atoms with van der Waals surface area (Å²) >= 11 is 1.46. The lowest BCUT2D eigenvalue weighted by molar-refractivity contribution is -0.384. The molecule has 1 aromatic carbocycles. The molecule has 0 aromatic heterocycles. The first-order valence-electron chi connectivity index (χ1n) is 6.74. The lowest BCUT2D eigenvalue weighted by Gasteiger charge is -2.19. The number of rotatable bonds is 8. The van der Waals surface area contributed by atoms with E-state index in [4.69, 9.17) is 4.74 Å². The highest BCUT2D eigenvalue weighted by Crippen LogP contribution is 2.22. The Morgan fingerprint density at radius 2 is 2.00 bits per heavy atom. The van der Waals surface area contributed by atoms with Crippen LogP contribution in [0.3, 0.4) is 0 Å². The molecule has 1 aromatic rings. The maximum Gasteiger partial charge on any atom is 0.324 e. The number of benzene rings is 1. The second-order valence-electron chi connectivity index (χ2n) is 4.69. The first-order chi connectivity index (χ1) is 9.93. The summed E-state index contributed by atoms with van der Waals surface area (Å²) in [5, 5.41) is 13.7. The normalized spacial score (nSPS) is 12.2. The third kappa shape index (κ3) is 6.14. The molecule has 116 valence electrons. The third-order valence-corrected chi connectivity index (χ3v) is 3.68. The van der Waals surface area contributed by atoms with E-state index in [0.29, 0.717) is 12.4 Å². The van der Waals surface area contributed by atoms with Crippen LogP contribution < -0.4 is 5.32 Å². The van der Waals surface area contributed by atoms with E-state index in [1.807, 2.05) is 13.8 Å². The van der Waals surface area contributed by atoms with E-state index >= 15 is 0 Å². The molecular formula is C14H20N2O4S. The van der Waals surface area contributed by atoms with E-state index in [-0.39, 0.29) is 17.7 Å². The van der Waals surface area contributed by atoms with Crippen LogP contribution in [0.15, 0.2) is 29.2 Å². The fourth-order valence-electron chi connectivity index (χ4n) is 1.67. The van der Waals surface area contributed by atoms with Gasteiger partial charge in [-0.1, -0.05) is 13.8 Å². The Hall–Kier alpha value is -1.60. The van der Waals surface area contributed by atoms with Crippen molar-refractivity contribution >= 4 is 23.4 Å². The smallest absolute Gasteiger partial charge is 0.324 e. The molecule has 6 nitrogen and oxygen atoms in total. The Balaban J connectivity index is 2.62. The van der Waals surface area contributed by atoms with Gasteiger partial charge in [0.15, 0.2) is 0 Å². The summed E-state index contributed by atoms with van der Waals surface area (Å²) < 4.78 is 5.04. The second-order valence-corrected chi connectivity index (χ2v) is 5.78. The number of esters is 1. The molecule has 1 atom stereocenters. The van der Waals surface area contributed by atoms with Crippen LogP contribution in [0.1, 0.15) is 20.8 Å². The van der Waals surface area contributed by atoms with Crippen molar-refractivity contribution in [2.75, 3.05) is 12.4 Å². The highest BCUT2D eigenvalue weighted by atomic mass is 32.2. The number of nitro benzene ring substituents is 1. The van der Waals surface area contributed by atoms with Crippen LogP contribution in [0.25, 0.3) is 0 Å². The number of hydrogen-bond donors (Lipinski definition) is 1. The van der Waals surface area contributed by atoms with Crippen LogP contribution >= 0.6 is 11.8 Å². The predicted octanol–water partition coefficient (Wildman–Crippen LogP) is 2.62. The number of nitrogens with one attached hydrogen (secondary N) is 1. The zero-order valence-electron chi connectivity index (χ0n) is 12.4. The molecule has 0 radical (unpaired) electrons. The summed E-state index contributed by atoms with van der Waals surface area (Å²) in [5.74, 6) is 0.232. The fraction of sp³-hybridized carbons (Fsp3) is 0.500. The number of non-ortho nitro benzene ring substituents is 1. The lowest BCUT2D eigenvalue weighted by atomic mass is 10.3. The molecule has 0 aliphatic rings. The Bertz CT molecular complexity index is 476. The highest BCUT2D eigenvalue weighted by molar-refractivity contribution is 7.99. The average Bonchev–Trinajstić information content (AvgIpc) is 2.43. The Labute approximate surface area is 128 Å². The first kappa shape index (κ1) is 17.5. The minimum absolute atomic E-state index is 0.0570. The Kier molecular flexibility index (Phi) is 7.18. The summed E-state index contributed by atoms with van der Waals surface area (Å²) in [7, 11) is 0. The van der Waals surface area contributed by atoms with Crippen molar-refractivity contribution in [3.8, 4) is 0 Å². The van der Waals surface area contributed by atoms with Crippen molar-refractivity contribution < 1.29 is 14.5 Å². The molecule has 0 fully saturated rings. The standard InChI is InChI=1S/C14H20N2O4S/c1-4-20-14(17)13(15-10(2)3)9-21-12-7-5-11(6-8-12)16(18)19/h5-8,10,13,15H,4,9H2,1-3H3. The molecule has 0 heterocycles. The number of hydrogen-bond acceptors (Lipinski definition) is 6. The maximum absolute atomic E-state index is 11.9. The molecule has 0 saturated heterocycles. The van der Waals surface area contributed by atoms with Gasteiger partial charge in [-0.05, 0) is 19.1 Å². The van der Waals surface area contributed by atoms with Gasteiger partial charge in [0, 0.05) is 28.8 Å². The molecule has 21 heavy (non-hydrogen) atoms. The van der Waals surface area contributed by atoms with E-state index in [1.54, 1.807) is 19.1 Å². The molecule has 0 bridgehead atoms. The summed E-state index contributed by atoms with van der Waals surface area (Å²) in [6.07, 6.45) is 0. The van der Waals surface area contributed by atoms with E-state index in [9.17, 15) is 14.9 Å². The fourth-order valence-corrected chi connectivity index (χ4v) is 2.59. The number of nitrogens with zero attached hydrogens (tertiary/aromatic N) is 1. The van der Waals surface area contributed by atoms with E-state index < -0.39 is 11.0 Å². The quantitative estimate of drug-likeness (QED) is 0.344. The van der Waals surface area contributed by atoms with Gasteiger partial charge < -0.3 is 10.1 Å². The molecule has 7 heteroatoms. The van der Waals surface area contributed by atoms with Crippen LogP contribution in [-0.2, 0) is 9.53 Å². The largest absolute Gasteiger partial charge is 0.465 e. The van der Waals surface area contributed by atoms with Gasteiger partial charge in [0.25, 0.3) is 5.69 Å². The molecule has 0 aliphatic heterocycles. The van der Waals surface area contributed by atoms with Crippen LogP contribution in [0, 0.1) is 10.1 Å². The summed E-state index contributed by atoms with van der Waals surface area (Å²) in [5.41, 5.74) is 0.0570. The minimum atomic E-state index is -0.434. The number of ether oxygens (including phenoxy) is 1. The zero-order chi connectivity index (χ0) is 15.8. The van der Waals surface area contributed by atoms with Gasteiger partial charge in [0.05, 0.1) is 11.5 Å². The van der Waals surface area contributed by atoms with Crippen LogP contribution in [-0.4, -0.2) is 35.3 Å². The van der Waals surface area contributed by atoms with Gasteiger partial charge in [-0.25, -0.2) is 0 Å². The number of thioether (sulfide) groups is 1. The van der Waals surface area contributed by atoms with Crippen LogP contribution in [0.5, 0.6) is 0 Å². The summed E-state index contributed by atoms with van der Waals surface area (Å²) in [4.78, 5) is 22.9. The van der Waals surface area contributed by atoms with Crippen LogP contribution in [0.2, 0.25) is 0 Å². The van der Waals surface area contributed by atoms with Gasteiger partial charge in [0.2, 0.25) is 0 Å². The van der Waals surface area contributed by atoms with Gasteiger partial charge in [-0.2, -0.15) is 0 Å². The number of carbonyl (C=O) groups excluding carboxylic acids is 1. The van der Waals surface area contributed by atoms with Crippen molar-refractivity contribution in [1.29, 1.82) is 0 Å². The molecule has 0 saturated carbocycles. The summed E-state index contributed by atoms with van der Waals surface area (Å²) in [6, 6.07) is 6.04. The molecule has 1 unspecified atom stereocenters. The van der Waals surface area contributed by atoms with E-state index in [0.717, 1.165) is 4.90 Å². The summed E-state index contributed by atoms with van der Waals surface area (Å²) in [6.45, 7) is 6.04. The van der Waals surface area contributed by atoms with Crippen LogP contribution in [0.4, 0.5) is 5.69 Å². The van der Waals surface area contributed by atoms with Crippen molar-refractivity contribution in [1.82, 2.24) is 5.32 Å². The molecule has 0 aliphatic carbocycles. The highest BCUT2D eigenvalue weighted by Gasteiger charge is 2.20. The minimum Gasteiger partial charge on any atom is -0.465 e. The molecule has 0 spiro atoms. The van der Waals surface area contributed by atoms with Gasteiger partial charge in [-0.3, -0.25) is 14.9 Å². The third-order valence-electron chi connectivity index (χ3n) is 2.57. The Morgan fingerprint density at radius 1 is 1.38 bits per heavy atom. The van der Waals surface area contributed by atoms with E-state index in [2.05, 4.69) is 5.32 Å². The molecule has 1 N–H and O–H groups in total.